The van der Waals surface area contributed by atoms with Crippen LogP contribution in [-0.4, -0.2) is 9.96 Å². The average molecular weight is 275 g/mol. The maximum atomic E-state index is 11.6. The zero-order chi connectivity index (χ0) is 10.4. The standard InChI is InChI=1S/C11H15BrOS/c1-2-3-8-14(13)9-10-4-6-11(12)7-5-10/h4-7H,2-3,8-9H2,1H3. The predicted molar refractivity (Wildman–Crippen MR) is 65.8 cm³/mol. The van der Waals surface area contributed by atoms with E-state index in [4.69, 9.17) is 0 Å². The summed E-state index contributed by atoms with van der Waals surface area (Å²) in [6.45, 7) is 2.12. The molecule has 0 aromatic heterocycles. The van der Waals surface area contributed by atoms with Crippen molar-refractivity contribution < 1.29 is 4.21 Å². The summed E-state index contributed by atoms with van der Waals surface area (Å²) >= 11 is 3.38. The smallest absolute Gasteiger partial charge is 0.0485 e. The van der Waals surface area contributed by atoms with Crippen molar-refractivity contribution in [2.45, 2.75) is 25.5 Å². The SMILES string of the molecule is CCCCS(=O)Cc1ccc(Br)cc1. The molecule has 0 radical (unpaired) electrons. The highest BCUT2D eigenvalue weighted by Gasteiger charge is 2.00. The van der Waals surface area contributed by atoms with Crippen LogP contribution in [-0.2, 0) is 16.6 Å². The van der Waals surface area contributed by atoms with Crippen molar-refractivity contribution in [3.63, 3.8) is 0 Å². The molecule has 1 unspecified atom stereocenters. The van der Waals surface area contributed by atoms with E-state index in [2.05, 4.69) is 22.9 Å². The van der Waals surface area contributed by atoms with E-state index < -0.39 is 10.8 Å². The Labute approximate surface area is 96.5 Å². The topological polar surface area (TPSA) is 17.1 Å². The van der Waals surface area contributed by atoms with Gasteiger partial charge in [-0.3, -0.25) is 4.21 Å². The molecule has 0 saturated carbocycles. The van der Waals surface area contributed by atoms with Gasteiger partial charge in [0, 0.05) is 26.8 Å². The van der Waals surface area contributed by atoms with Crippen LogP contribution in [0, 0.1) is 0 Å². The molecule has 0 heterocycles. The van der Waals surface area contributed by atoms with Crippen LogP contribution >= 0.6 is 15.9 Å². The van der Waals surface area contributed by atoms with Gasteiger partial charge in [0.1, 0.15) is 0 Å². The van der Waals surface area contributed by atoms with Crippen molar-refractivity contribution in [1.82, 2.24) is 0 Å². The van der Waals surface area contributed by atoms with Crippen LogP contribution < -0.4 is 0 Å². The van der Waals surface area contributed by atoms with Crippen LogP contribution in [0.3, 0.4) is 0 Å². The van der Waals surface area contributed by atoms with E-state index >= 15 is 0 Å². The van der Waals surface area contributed by atoms with Crippen LogP contribution in [0.4, 0.5) is 0 Å². The molecule has 0 aliphatic carbocycles. The Bertz CT molecular complexity index is 295. The van der Waals surface area contributed by atoms with E-state index in [0.29, 0.717) is 5.75 Å². The molecule has 78 valence electrons. The fraction of sp³-hybridized carbons (Fsp3) is 0.455. The molecule has 0 aliphatic rings. The van der Waals surface area contributed by atoms with E-state index in [1.54, 1.807) is 0 Å². The minimum atomic E-state index is -0.693. The molecule has 0 amide bonds. The molecule has 14 heavy (non-hydrogen) atoms. The number of hydrogen-bond acceptors (Lipinski definition) is 1. The van der Waals surface area contributed by atoms with Gasteiger partial charge in [0.25, 0.3) is 0 Å². The highest BCUT2D eigenvalue weighted by molar-refractivity contribution is 9.10. The van der Waals surface area contributed by atoms with Crippen LogP contribution in [0.1, 0.15) is 25.3 Å². The predicted octanol–water partition coefficient (Wildman–Crippen LogP) is 3.50. The van der Waals surface area contributed by atoms with Crippen LogP contribution in [0.2, 0.25) is 0 Å². The number of benzene rings is 1. The van der Waals surface area contributed by atoms with E-state index in [0.717, 1.165) is 28.6 Å². The first-order chi connectivity index (χ1) is 6.72. The number of rotatable bonds is 5. The molecule has 0 N–H and O–H groups in total. The first-order valence-electron chi connectivity index (χ1n) is 4.82. The van der Waals surface area contributed by atoms with Gasteiger partial charge in [-0.25, -0.2) is 0 Å². The van der Waals surface area contributed by atoms with Gasteiger partial charge in [-0.2, -0.15) is 0 Å². The summed E-state index contributed by atoms with van der Waals surface area (Å²) in [4.78, 5) is 0. The summed E-state index contributed by atoms with van der Waals surface area (Å²) in [5.41, 5.74) is 1.16. The molecule has 0 saturated heterocycles. The van der Waals surface area contributed by atoms with Crippen molar-refractivity contribution >= 4 is 26.7 Å². The Balaban J connectivity index is 2.44. The highest BCUT2D eigenvalue weighted by Crippen LogP contribution is 2.12. The first-order valence-corrected chi connectivity index (χ1v) is 7.10. The third-order valence-electron chi connectivity index (χ3n) is 1.97. The summed E-state index contributed by atoms with van der Waals surface area (Å²) in [5.74, 6) is 1.51. The van der Waals surface area contributed by atoms with Gasteiger partial charge >= 0.3 is 0 Å². The Morgan fingerprint density at radius 2 is 1.93 bits per heavy atom. The zero-order valence-electron chi connectivity index (χ0n) is 8.33. The third kappa shape index (κ3) is 4.38. The largest absolute Gasteiger partial charge is 0.259 e. The van der Waals surface area contributed by atoms with Gasteiger partial charge in [-0.05, 0) is 24.1 Å². The van der Waals surface area contributed by atoms with Gasteiger partial charge in [0.05, 0.1) is 0 Å². The van der Waals surface area contributed by atoms with Crippen LogP contribution in [0.25, 0.3) is 0 Å². The molecule has 1 atom stereocenters. The fourth-order valence-corrected chi connectivity index (χ4v) is 2.73. The molecule has 0 fully saturated rings. The van der Waals surface area contributed by atoms with E-state index in [9.17, 15) is 4.21 Å². The molecular formula is C11H15BrOS. The number of unbranched alkanes of at least 4 members (excludes halogenated alkanes) is 1. The molecule has 1 aromatic rings. The maximum Gasteiger partial charge on any atom is 0.0485 e. The Hall–Kier alpha value is -0.150. The molecule has 1 rings (SSSR count). The minimum absolute atomic E-state index is 0.688. The van der Waals surface area contributed by atoms with Gasteiger partial charge in [0.2, 0.25) is 0 Å². The van der Waals surface area contributed by atoms with Crippen molar-refractivity contribution in [3.05, 3.63) is 34.3 Å². The highest BCUT2D eigenvalue weighted by atomic mass is 79.9. The van der Waals surface area contributed by atoms with E-state index in [1.807, 2.05) is 24.3 Å². The average Bonchev–Trinajstić information content (AvgIpc) is 2.18. The molecule has 0 aliphatic heterocycles. The zero-order valence-corrected chi connectivity index (χ0v) is 10.7. The Morgan fingerprint density at radius 3 is 2.50 bits per heavy atom. The Kier molecular flexibility index (Phi) is 5.41. The quantitative estimate of drug-likeness (QED) is 0.803. The summed E-state index contributed by atoms with van der Waals surface area (Å²) in [5, 5.41) is 0. The number of hydrogen-bond donors (Lipinski definition) is 0. The second-order valence-electron chi connectivity index (χ2n) is 3.27. The maximum absolute atomic E-state index is 11.6. The summed E-state index contributed by atoms with van der Waals surface area (Å²) in [7, 11) is -0.693. The fourth-order valence-electron chi connectivity index (χ4n) is 1.14. The van der Waals surface area contributed by atoms with E-state index in [-0.39, 0.29) is 0 Å². The molecule has 0 spiro atoms. The van der Waals surface area contributed by atoms with Crippen LogP contribution in [0.15, 0.2) is 28.7 Å². The van der Waals surface area contributed by atoms with Crippen molar-refractivity contribution in [1.29, 1.82) is 0 Å². The van der Waals surface area contributed by atoms with Gasteiger partial charge < -0.3 is 0 Å². The van der Waals surface area contributed by atoms with Crippen molar-refractivity contribution in [2.75, 3.05) is 5.75 Å². The second kappa shape index (κ2) is 6.36. The normalized spacial score (nSPS) is 12.7. The van der Waals surface area contributed by atoms with Gasteiger partial charge in [-0.1, -0.05) is 41.4 Å². The molecule has 0 bridgehead atoms. The van der Waals surface area contributed by atoms with Gasteiger partial charge in [0.15, 0.2) is 0 Å². The van der Waals surface area contributed by atoms with Crippen molar-refractivity contribution in [2.24, 2.45) is 0 Å². The van der Waals surface area contributed by atoms with E-state index in [1.165, 1.54) is 0 Å². The summed E-state index contributed by atoms with van der Waals surface area (Å²) in [6.07, 6.45) is 2.18. The Morgan fingerprint density at radius 1 is 1.29 bits per heavy atom. The lowest BCUT2D eigenvalue weighted by atomic mass is 10.2. The number of halogens is 1. The summed E-state index contributed by atoms with van der Waals surface area (Å²) in [6, 6.07) is 8.03. The molecule has 3 heteroatoms. The first kappa shape index (κ1) is 11.9. The molecule has 1 aromatic carbocycles. The van der Waals surface area contributed by atoms with Crippen molar-refractivity contribution in [3.8, 4) is 0 Å². The molecular weight excluding hydrogens is 260 g/mol. The molecule has 1 nitrogen and oxygen atoms in total. The lowest BCUT2D eigenvalue weighted by Gasteiger charge is -2.01. The lowest BCUT2D eigenvalue weighted by molar-refractivity contribution is 0.679. The second-order valence-corrected chi connectivity index (χ2v) is 5.76. The monoisotopic (exact) mass is 274 g/mol. The third-order valence-corrected chi connectivity index (χ3v) is 3.89. The summed E-state index contributed by atoms with van der Waals surface area (Å²) < 4.78 is 12.6. The van der Waals surface area contributed by atoms with Gasteiger partial charge in [-0.15, -0.1) is 0 Å². The minimum Gasteiger partial charge on any atom is -0.259 e. The lowest BCUT2D eigenvalue weighted by Crippen LogP contribution is -2.00. The van der Waals surface area contributed by atoms with Crippen LogP contribution in [0.5, 0.6) is 0 Å².